The van der Waals surface area contributed by atoms with Crippen molar-refractivity contribution in [2.24, 2.45) is 5.92 Å². The lowest BCUT2D eigenvalue weighted by molar-refractivity contribution is 0.0580. The van der Waals surface area contributed by atoms with Gasteiger partial charge in [-0.25, -0.2) is 0 Å². The number of ether oxygens (including phenoxy) is 2. The third kappa shape index (κ3) is 5.83. The molecule has 16 heavy (non-hydrogen) atoms. The topological polar surface area (TPSA) is 30.5 Å². The molecule has 1 atom stereocenters. The zero-order chi connectivity index (χ0) is 11.6. The molecule has 1 N–H and O–H groups in total. The average molecular weight is 229 g/mol. The Kier molecular flexibility index (Phi) is 7.81. The second-order valence-electron chi connectivity index (χ2n) is 4.68. The standard InChI is InChI=1S/C13H27NO2/c1-3-7-15-10-6-13(14-2)11-12-4-8-16-9-5-12/h12-14H,3-11H2,1-2H3. The summed E-state index contributed by atoms with van der Waals surface area (Å²) in [5.74, 6) is 0.845. The van der Waals surface area contributed by atoms with E-state index in [1.54, 1.807) is 0 Å². The normalized spacial score (nSPS) is 19.9. The van der Waals surface area contributed by atoms with E-state index in [9.17, 15) is 0 Å². The van der Waals surface area contributed by atoms with E-state index in [4.69, 9.17) is 9.47 Å². The van der Waals surface area contributed by atoms with Crippen LogP contribution in [0, 0.1) is 5.92 Å². The molecule has 0 aromatic heterocycles. The lowest BCUT2D eigenvalue weighted by Gasteiger charge is -2.26. The summed E-state index contributed by atoms with van der Waals surface area (Å²) < 4.78 is 10.9. The van der Waals surface area contributed by atoms with Crippen LogP contribution >= 0.6 is 0 Å². The number of hydrogen-bond donors (Lipinski definition) is 1. The van der Waals surface area contributed by atoms with Gasteiger partial charge in [0.1, 0.15) is 0 Å². The molecule has 1 heterocycles. The van der Waals surface area contributed by atoms with Crippen LogP contribution < -0.4 is 5.32 Å². The second-order valence-corrected chi connectivity index (χ2v) is 4.68. The van der Waals surface area contributed by atoms with Gasteiger partial charge < -0.3 is 14.8 Å². The van der Waals surface area contributed by atoms with Gasteiger partial charge in [-0.1, -0.05) is 6.92 Å². The van der Waals surface area contributed by atoms with E-state index in [1.807, 2.05) is 0 Å². The molecule has 0 saturated carbocycles. The zero-order valence-corrected chi connectivity index (χ0v) is 10.8. The highest BCUT2D eigenvalue weighted by Gasteiger charge is 2.18. The zero-order valence-electron chi connectivity index (χ0n) is 10.8. The quantitative estimate of drug-likeness (QED) is 0.647. The van der Waals surface area contributed by atoms with Crippen molar-refractivity contribution in [3.63, 3.8) is 0 Å². The molecule has 1 aliphatic heterocycles. The van der Waals surface area contributed by atoms with Crippen molar-refractivity contribution in [3.8, 4) is 0 Å². The first kappa shape index (κ1) is 13.9. The monoisotopic (exact) mass is 229 g/mol. The van der Waals surface area contributed by atoms with E-state index < -0.39 is 0 Å². The number of rotatable bonds is 8. The average Bonchev–Trinajstić information content (AvgIpc) is 2.34. The van der Waals surface area contributed by atoms with Crippen LogP contribution in [0.5, 0.6) is 0 Å². The molecule has 1 unspecified atom stereocenters. The summed E-state index contributed by atoms with van der Waals surface area (Å²) in [5, 5.41) is 3.41. The van der Waals surface area contributed by atoms with Crippen molar-refractivity contribution in [1.29, 1.82) is 0 Å². The van der Waals surface area contributed by atoms with Crippen LogP contribution in [-0.2, 0) is 9.47 Å². The molecule has 1 aliphatic rings. The van der Waals surface area contributed by atoms with Crippen molar-refractivity contribution in [3.05, 3.63) is 0 Å². The Labute approximate surface area is 99.9 Å². The summed E-state index contributed by atoms with van der Waals surface area (Å²) in [6, 6.07) is 0.611. The summed E-state index contributed by atoms with van der Waals surface area (Å²) >= 11 is 0. The molecule has 1 saturated heterocycles. The second kappa shape index (κ2) is 8.97. The molecule has 1 fully saturated rings. The fourth-order valence-corrected chi connectivity index (χ4v) is 2.24. The Bertz CT molecular complexity index is 158. The van der Waals surface area contributed by atoms with Crippen molar-refractivity contribution < 1.29 is 9.47 Å². The maximum Gasteiger partial charge on any atom is 0.0480 e. The van der Waals surface area contributed by atoms with Crippen molar-refractivity contribution in [2.45, 2.75) is 45.1 Å². The summed E-state index contributed by atoms with van der Waals surface area (Å²) in [6.45, 7) is 5.84. The van der Waals surface area contributed by atoms with Gasteiger partial charge >= 0.3 is 0 Å². The largest absolute Gasteiger partial charge is 0.381 e. The SMILES string of the molecule is CCCOCCC(CC1CCOCC1)NC. The van der Waals surface area contributed by atoms with E-state index >= 15 is 0 Å². The molecule has 3 nitrogen and oxygen atoms in total. The van der Waals surface area contributed by atoms with Gasteiger partial charge in [-0.15, -0.1) is 0 Å². The van der Waals surface area contributed by atoms with Crippen molar-refractivity contribution >= 4 is 0 Å². The van der Waals surface area contributed by atoms with Gasteiger partial charge in [0, 0.05) is 32.5 Å². The summed E-state index contributed by atoms with van der Waals surface area (Å²) in [4.78, 5) is 0. The maximum atomic E-state index is 5.54. The molecule has 0 amide bonds. The first-order valence-electron chi connectivity index (χ1n) is 6.69. The van der Waals surface area contributed by atoms with Crippen LogP contribution in [0.3, 0.4) is 0 Å². The van der Waals surface area contributed by atoms with E-state index in [-0.39, 0.29) is 0 Å². The van der Waals surface area contributed by atoms with Gasteiger partial charge in [0.25, 0.3) is 0 Å². The van der Waals surface area contributed by atoms with Gasteiger partial charge in [0.05, 0.1) is 0 Å². The Morgan fingerprint density at radius 3 is 2.69 bits per heavy atom. The lowest BCUT2D eigenvalue weighted by Crippen LogP contribution is -2.31. The van der Waals surface area contributed by atoms with Crippen LogP contribution in [0.15, 0.2) is 0 Å². The van der Waals surface area contributed by atoms with E-state index in [2.05, 4.69) is 19.3 Å². The molecule has 3 heteroatoms. The van der Waals surface area contributed by atoms with E-state index in [0.29, 0.717) is 6.04 Å². The molecule has 96 valence electrons. The molecule has 0 radical (unpaired) electrons. The Morgan fingerprint density at radius 2 is 2.06 bits per heavy atom. The molecule has 0 spiro atoms. The minimum atomic E-state index is 0.611. The Balaban J connectivity index is 2.09. The summed E-state index contributed by atoms with van der Waals surface area (Å²) in [7, 11) is 2.06. The molecule has 0 aromatic rings. The molecule has 0 bridgehead atoms. The third-order valence-corrected chi connectivity index (χ3v) is 3.33. The van der Waals surface area contributed by atoms with Crippen LogP contribution in [0.1, 0.15) is 39.0 Å². The smallest absolute Gasteiger partial charge is 0.0480 e. The Hall–Kier alpha value is -0.120. The number of hydrogen-bond acceptors (Lipinski definition) is 3. The highest BCUT2D eigenvalue weighted by atomic mass is 16.5. The first-order valence-corrected chi connectivity index (χ1v) is 6.69. The molecular weight excluding hydrogens is 202 g/mol. The van der Waals surface area contributed by atoms with Gasteiger partial charge in [0.15, 0.2) is 0 Å². The van der Waals surface area contributed by atoms with E-state index in [0.717, 1.165) is 45.2 Å². The van der Waals surface area contributed by atoms with Gasteiger partial charge in [-0.3, -0.25) is 0 Å². The molecule has 0 aliphatic carbocycles. The van der Waals surface area contributed by atoms with Crippen LogP contribution in [0.4, 0.5) is 0 Å². The highest BCUT2D eigenvalue weighted by Crippen LogP contribution is 2.21. The fourth-order valence-electron chi connectivity index (χ4n) is 2.24. The fraction of sp³-hybridized carbons (Fsp3) is 1.00. The minimum Gasteiger partial charge on any atom is -0.381 e. The third-order valence-electron chi connectivity index (χ3n) is 3.33. The van der Waals surface area contributed by atoms with Crippen LogP contribution in [-0.4, -0.2) is 39.5 Å². The highest BCUT2D eigenvalue weighted by molar-refractivity contribution is 4.72. The first-order chi connectivity index (χ1) is 7.86. The predicted molar refractivity (Wildman–Crippen MR) is 66.7 cm³/mol. The maximum absolute atomic E-state index is 5.54. The summed E-state index contributed by atoms with van der Waals surface area (Å²) in [6.07, 6.45) is 5.98. The molecule has 0 aromatic carbocycles. The number of nitrogens with one attached hydrogen (secondary N) is 1. The van der Waals surface area contributed by atoms with E-state index in [1.165, 1.54) is 19.3 Å². The van der Waals surface area contributed by atoms with Crippen molar-refractivity contribution in [2.75, 3.05) is 33.5 Å². The summed E-state index contributed by atoms with van der Waals surface area (Å²) in [5.41, 5.74) is 0. The lowest BCUT2D eigenvalue weighted by atomic mass is 9.91. The Morgan fingerprint density at radius 1 is 1.31 bits per heavy atom. The van der Waals surface area contributed by atoms with Gasteiger partial charge in [-0.2, -0.15) is 0 Å². The van der Waals surface area contributed by atoms with Gasteiger partial charge in [0.2, 0.25) is 0 Å². The minimum absolute atomic E-state index is 0.611. The van der Waals surface area contributed by atoms with Crippen LogP contribution in [0.25, 0.3) is 0 Å². The molecular formula is C13H27NO2. The van der Waals surface area contributed by atoms with Crippen molar-refractivity contribution in [1.82, 2.24) is 5.32 Å². The predicted octanol–water partition coefficient (Wildman–Crippen LogP) is 2.21. The van der Waals surface area contributed by atoms with Gasteiger partial charge in [-0.05, 0) is 45.1 Å². The molecule has 1 rings (SSSR count). The van der Waals surface area contributed by atoms with Crippen LogP contribution in [0.2, 0.25) is 0 Å².